The quantitative estimate of drug-likeness (QED) is 0.701. The van der Waals surface area contributed by atoms with Crippen LogP contribution in [0.2, 0.25) is 0 Å². The van der Waals surface area contributed by atoms with Gasteiger partial charge in [-0.25, -0.2) is 8.42 Å². The Hall–Kier alpha value is -0.230. The summed E-state index contributed by atoms with van der Waals surface area (Å²) in [5.41, 5.74) is 0. The fraction of sp³-hybridized carbons (Fsp3) is 0.933. The molecule has 122 valence electrons. The molecule has 1 aliphatic carbocycles. The van der Waals surface area contributed by atoms with E-state index in [0.717, 1.165) is 31.6 Å². The lowest BCUT2D eigenvalue weighted by Gasteiger charge is -2.40. The van der Waals surface area contributed by atoms with Gasteiger partial charge in [0.15, 0.2) is 9.84 Å². The summed E-state index contributed by atoms with van der Waals surface area (Å²) in [4.78, 5) is 14.0. The van der Waals surface area contributed by atoms with Gasteiger partial charge in [0.05, 0.1) is 5.75 Å². The van der Waals surface area contributed by atoms with Crippen molar-refractivity contribution in [2.45, 2.75) is 56.6 Å². The number of unbranched alkanes of at least 4 members (excludes halogenated alkanes) is 2. The van der Waals surface area contributed by atoms with Crippen LogP contribution >= 0.6 is 11.8 Å². The summed E-state index contributed by atoms with van der Waals surface area (Å²) in [5, 5.41) is 0. The van der Waals surface area contributed by atoms with Crippen molar-refractivity contribution in [3.05, 3.63) is 0 Å². The molecule has 1 saturated carbocycles. The number of amides is 1. The number of hydrogen-bond donors (Lipinski definition) is 0. The monoisotopic (exact) mass is 333 g/mol. The zero-order valence-corrected chi connectivity index (χ0v) is 14.6. The Labute approximate surface area is 133 Å². The van der Waals surface area contributed by atoms with Crippen LogP contribution in [-0.4, -0.2) is 54.3 Å². The number of sulfone groups is 1. The molecule has 0 radical (unpaired) electrons. The van der Waals surface area contributed by atoms with E-state index in [0.29, 0.717) is 17.7 Å². The Bertz CT molecular complexity index is 458. The average molecular weight is 334 g/mol. The summed E-state index contributed by atoms with van der Waals surface area (Å²) in [5.74, 6) is 0.609. The van der Waals surface area contributed by atoms with E-state index >= 15 is 0 Å². The molecule has 0 bridgehead atoms. The summed E-state index contributed by atoms with van der Waals surface area (Å²) in [6.45, 7) is 3.48. The summed E-state index contributed by atoms with van der Waals surface area (Å²) in [6.07, 6.45) is 7.42. The number of carbonyl (C=O) groups is 1. The number of carbonyl (C=O) groups excluding carboxylic acids is 1. The third-order valence-corrected chi connectivity index (χ3v) is 7.84. The van der Waals surface area contributed by atoms with Gasteiger partial charge in [-0.3, -0.25) is 4.79 Å². The minimum atomic E-state index is -3.23. The Kier molecular flexibility index (Phi) is 6.00. The summed E-state index contributed by atoms with van der Waals surface area (Å²) in [6, 6.07) is 0. The van der Waals surface area contributed by atoms with E-state index < -0.39 is 9.84 Å². The van der Waals surface area contributed by atoms with Gasteiger partial charge in [0, 0.05) is 23.6 Å². The van der Waals surface area contributed by atoms with Gasteiger partial charge in [0.2, 0.25) is 5.91 Å². The number of rotatable bonds is 6. The van der Waals surface area contributed by atoms with Gasteiger partial charge in [0.25, 0.3) is 0 Å². The molecule has 0 aromatic carbocycles. The Morgan fingerprint density at radius 3 is 2.57 bits per heavy atom. The third kappa shape index (κ3) is 4.88. The van der Waals surface area contributed by atoms with Crippen LogP contribution in [0, 0.1) is 0 Å². The molecule has 6 heteroatoms. The lowest BCUT2D eigenvalue weighted by atomic mass is 9.81. The molecular formula is C15H27NO3S2. The molecule has 1 saturated heterocycles. The van der Waals surface area contributed by atoms with Crippen molar-refractivity contribution in [1.29, 1.82) is 0 Å². The smallest absolute Gasteiger partial charge is 0.237 e. The number of nitrogens with zero attached hydrogens (tertiary/aromatic N) is 1. The second-order valence-corrected chi connectivity index (χ2v) is 10.1. The molecular weight excluding hydrogens is 306 g/mol. The van der Waals surface area contributed by atoms with E-state index in [1.807, 2.05) is 18.7 Å². The Balaban J connectivity index is 1.82. The zero-order valence-electron chi connectivity index (χ0n) is 13.0. The molecule has 0 unspecified atom stereocenters. The molecule has 1 amide bonds. The predicted octanol–water partition coefficient (Wildman–Crippen LogP) is 2.48. The van der Waals surface area contributed by atoms with Crippen LogP contribution in [0.5, 0.6) is 0 Å². The number of thioether (sulfide) groups is 1. The molecule has 4 nitrogen and oxygen atoms in total. The largest absolute Gasteiger partial charge is 0.341 e. The van der Waals surface area contributed by atoms with E-state index in [2.05, 4.69) is 0 Å². The lowest BCUT2D eigenvalue weighted by molar-refractivity contribution is -0.128. The molecule has 2 aliphatic rings. The van der Waals surface area contributed by atoms with Crippen LogP contribution in [0.4, 0.5) is 0 Å². The first-order valence-electron chi connectivity index (χ1n) is 8.08. The topological polar surface area (TPSA) is 54.5 Å². The Morgan fingerprint density at radius 2 is 1.95 bits per heavy atom. The van der Waals surface area contributed by atoms with E-state index in [1.54, 1.807) is 4.90 Å². The van der Waals surface area contributed by atoms with E-state index in [4.69, 9.17) is 0 Å². The van der Waals surface area contributed by atoms with E-state index in [9.17, 15) is 13.2 Å². The fourth-order valence-electron chi connectivity index (χ4n) is 3.03. The fourth-order valence-corrected chi connectivity index (χ4v) is 5.94. The summed E-state index contributed by atoms with van der Waals surface area (Å²) < 4.78 is 24.4. The van der Waals surface area contributed by atoms with Crippen LogP contribution in [0.3, 0.4) is 0 Å². The summed E-state index contributed by atoms with van der Waals surface area (Å²) >= 11 is 1.99. The van der Waals surface area contributed by atoms with Crippen LogP contribution in [0.15, 0.2) is 0 Å². The molecule has 1 spiro atoms. The highest BCUT2D eigenvalue weighted by Gasteiger charge is 2.39. The molecule has 0 N–H and O–H groups in total. The van der Waals surface area contributed by atoms with Crippen LogP contribution in [0.1, 0.15) is 51.9 Å². The normalized spacial score (nSPS) is 21.9. The molecule has 2 fully saturated rings. The zero-order chi connectivity index (χ0) is 15.3. The Morgan fingerprint density at radius 1 is 1.19 bits per heavy atom. The van der Waals surface area contributed by atoms with Crippen LogP contribution in [0.25, 0.3) is 0 Å². The lowest BCUT2D eigenvalue weighted by Crippen LogP contribution is -2.39. The van der Waals surface area contributed by atoms with Crippen molar-refractivity contribution >= 4 is 27.5 Å². The van der Waals surface area contributed by atoms with Crippen molar-refractivity contribution in [3.8, 4) is 0 Å². The molecule has 0 atom stereocenters. The highest BCUT2D eigenvalue weighted by molar-refractivity contribution is 8.00. The van der Waals surface area contributed by atoms with Crippen molar-refractivity contribution in [2.75, 3.05) is 30.3 Å². The minimum absolute atomic E-state index is 0.152. The third-order valence-electron chi connectivity index (χ3n) is 4.63. The second-order valence-electron chi connectivity index (χ2n) is 6.31. The standard InChI is InChI=1S/C15H27NO3S2/c1-2-3-4-12-21(18,19)13-14(17)16-9-8-15(6-5-7-15)20-11-10-16/h2-13H2,1H3. The minimum Gasteiger partial charge on any atom is -0.341 e. The predicted molar refractivity (Wildman–Crippen MR) is 88.4 cm³/mol. The van der Waals surface area contributed by atoms with E-state index in [1.165, 1.54) is 19.3 Å². The first-order valence-corrected chi connectivity index (χ1v) is 10.9. The van der Waals surface area contributed by atoms with Gasteiger partial charge in [-0.05, 0) is 25.7 Å². The van der Waals surface area contributed by atoms with Crippen molar-refractivity contribution < 1.29 is 13.2 Å². The maximum absolute atomic E-state index is 12.3. The highest BCUT2D eigenvalue weighted by atomic mass is 32.2. The maximum atomic E-state index is 12.3. The second kappa shape index (κ2) is 7.36. The first-order chi connectivity index (χ1) is 9.96. The molecule has 0 aromatic rings. The van der Waals surface area contributed by atoms with Crippen molar-refractivity contribution in [2.24, 2.45) is 0 Å². The average Bonchev–Trinajstić information content (AvgIpc) is 2.60. The van der Waals surface area contributed by atoms with Crippen LogP contribution in [-0.2, 0) is 14.6 Å². The molecule has 2 rings (SSSR count). The maximum Gasteiger partial charge on any atom is 0.237 e. The van der Waals surface area contributed by atoms with Gasteiger partial charge in [0.1, 0.15) is 5.75 Å². The van der Waals surface area contributed by atoms with Gasteiger partial charge < -0.3 is 4.90 Å². The van der Waals surface area contributed by atoms with Crippen LogP contribution < -0.4 is 0 Å². The molecule has 21 heavy (non-hydrogen) atoms. The molecule has 1 aliphatic heterocycles. The highest BCUT2D eigenvalue weighted by Crippen LogP contribution is 2.47. The van der Waals surface area contributed by atoms with Gasteiger partial charge in [-0.2, -0.15) is 11.8 Å². The van der Waals surface area contributed by atoms with Crippen molar-refractivity contribution in [3.63, 3.8) is 0 Å². The van der Waals surface area contributed by atoms with Gasteiger partial charge in [-0.15, -0.1) is 0 Å². The number of hydrogen-bond acceptors (Lipinski definition) is 4. The first kappa shape index (κ1) is 17.1. The van der Waals surface area contributed by atoms with Crippen molar-refractivity contribution in [1.82, 2.24) is 4.90 Å². The van der Waals surface area contributed by atoms with Gasteiger partial charge >= 0.3 is 0 Å². The SMILES string of the molecule is CCCCCS(=O)(=O)CC(=O)N1CCSC2(CCC2)CC1. The molecule has 1 heterocycles. The van der Waals surface area contributed by atoms with Gasteiger partial charge in [-0.1, -0.05) is 26.2 Å². The summed E-state index contributed by atoms with van der Waals surface area (Å²) in [7, 11) is -3.23. The molecule has 0 aromatic heterocycles. The van der Waals surface area contributed by atoms with E-state index in [-0.39, 0.29) is 17.4 Å².